The van der Waals surface area contributed by atoms with Gasteiger partial charge >= 0.3 is 0 Å². The molecule has 0 atom stereocenters. The second kappa shape index (κ2) is 6.72. The van der Waals surface area contributed by atoms with Crippen LogP contribution in [0.15, 0.2) is 67.0 Å². The molecule has 0 aliphatic carbocycles. The van der Waals surface area contributed by atoms with Crippen LogP contribution < -0.4 is 9.47 Å². The van der Waals surface area contributed by atoms with Gasteiger partial charge in [0, 0.05) is 18.0 Å². The minimum Gasteiger partial charge on any atom is -0.496 e. The molecule has 1 heterocycles. The highest BCUT2D eigenvalue weighted by Gasteiger charge is 2.13. The van der Waals surface area contributed by atoms with E-state index in [1.54, 1.807) is 19.5 Å². The van der Waals surface area contributed by atoms with Gasteiger partial charge in [-0.15, -0.1) is 0 Å². The van der Waals surface area contributed by atoms with Gasteiger partial charge in [0.1, 0.15) is 18.1 Å². The van der Waals surface area contributed by atoms with Crippen LogP contribution >= 0.6 is 0 Å². The number of methoxy groups -OCH3 is 1. The van der Waals surface area contributed by atoms with Gasteiger partial charge in [-0.2, -0.15) is 0 Å². The summed E-state index contributed by atoms with van der Waals surface area (Å²) >= 11 is 0. The third kappa shape index (κ3) is 3.06. The van der Waals surface area contributed by atoms with Gasteiger partial charge in [-0.25, -0.2) is 9.97 Å². The molecule has 22 heavy (non-hydrogen) atoms. The van der Waals surface area contributed by atoms with Crippen LogP contribution in [0, 0.1) is 0 Å². The Labute approximate surface area is 129 Å². The van der Waals surface area contributed by atoms with Crippen molar-refractivity contribution in [1.82, 2.24) is 9.97 Å². The topological polar surface area (TPSA) is 44.2 Å². The molecule has 3 rings (SSSR count). The molecule has 3 aromatic rings. The lowest BCUT2D eigenvalue weighted by Gasteiger charge is -2.12. The van der Waals surface area contributed by atoms with Crippen molar-refractivity contribution in [3.63, 3.8) is 0 Å². The van der Waals surface area contributed by atoms with Crippen molar-refractivity contribution < 1.29 is 9.47 Å². The minimum absolute atomic E-state index is 0.446. The van der Waals surface area contributed by atoms with Gasteiger partial charge in [0.25, 0.3) is 0 Å². The van der Waals surface area contributed by atoms with Gasteiger partial charge in [0.05, 0.1) is 7.11 Å². The standard InChI is InChI=1S/C18H16N2O2/c1-21-16-10-6-5-9-15(16)17-18(20-12-11-19-17)22-13-14-7-3-2-4-8-14/h2-12H,13H2,1H3. The summed E-state index contributed by atoms with van der Waals surface area (Å²) in [7, 11) is 1.64. The van der Waals surface area contributed by atoms with Crippen molar-refractivity contribution in [1.29, 1.82) is 0 Å². The Morgan fingerprint density at radius 2 is 1.59 bits per heavy atom. The molecule has 4 heteroatoms. The van der Waals surface area contributed by atoms with Crippen LogP contribution in [0.2, 0.25) is 0 Å². The molecule has 0 aliphatic rings. The molecule has 1 aromatic heterocycles. The molecule has 0 N–H and O–H groups in total. The van der Waals surface area contributed by atoms with Crippen molar-refractivity contribution in [3.05, 3.63) is 72.6 Å². The highest BCUT2D eigenvalue weighted by molar-refractivity contribution is 5.70. The van der Waals surface area contributed by atoms with Gasteiger partial charge in [-0.3, -0.25) is 0 Å². The number of benzene rings is 2. The second-order valence-electron chi connectivity index (χ2n) is 4.68. The molecule has 110 valence electrons. The average Bonchev–Trinajstić information content (AvgIpc) is 2.61. The summed E-state index contributed by atoms with van der Waals surface area (Å²) in [5.74, 6) is 1.24. The van der Waals surface area contributed by atoms with Crippen molar-refractivity contribution in [2.24, 2.45) is 0 Å². The summed E-state index contributed by atoms with van der Waals surface area (Å²) in [4.78, 5) is 8.71. The maximum atomic E-state index is 5.85. The highest BCUT2D eigenvalue weighted by Crippen LogP contribution is 2.33. The molecule has 4 nitrogen and oxygen atoms in total. The van der Waals surface area contributed by atoms with E-state index in [9.17, 15) is 0 Å². The fourth-order valence-corrected chi connectivity index (χ4v) is 2.18. The zero-order chi connectivity index (χ0) is 15.2. The first kappa shape index (κ1) is 14.1. The zero-order valence-corrected chi connectivity index (χ0v) is 12.3. The molecule has 0 amide bonds. The van der Waals surface area contributed by atoms with Crippen molar-refractivity contribution in [2.75, 3.05) is 7.11 Å². The normalized spacial score (nSPS) is 10.2. The molecule has 0 aliphatic heterocycles. The van der Waals surface area contributed by atoms with Crippen LogP contribution in [0.25, 0.3) is 11.3 Å². The number of para-hydroxylation sites is 1. The fraction of sp³-hybridized carbons (Fsp3) is 0.111. The van der Waals surface area contributed by atoms with Crippen molar-refractivity contribution >= 4 is 0 Å². The summed E-state index contributed by atoms with van der Waals surface area (Å²) in [5.41, 5.74) is 2.62. The third-order valence-electron chi connectivity index (χ3n) is 3.25. The Kier molecular flexibility index (Phi) is 4.30. The summed E-state index contributed by atoms with van der Waals surface area (Å²) in [6, 6.07) is 17.7. The first-order chi connectivity index (χ1) is 10.9. The maximum absolute atomic E-state index is 5.85. The number of aromatic nitrogens is 2. The Balaban J connectivity index is 1.90. The molecule has 0 unspecified atom stereocenters. The molecule has 2 aromatic carbocycles. The number of hydrogen-bond acceptors (Lipinski definition) is 4. The lowest BCUT2D eigenvalue weighted by molar-refractivity contribution is 0.294. The van der Waals surface area contributed by atoms with Crippen LogP contribution in [0.3, 0.4) is 0 Å². The lowest BCUT2D eigenvalue weighted by atomic mass is 10.1. The number of rotatable bonds is 5. The van der Waals surface area contributed by atoms with Gasteiger partial charge in [0.2, 0.25) is 5.88 Å². The Morgan fingerprint density at radius 3 is 2.41 bits per heavy atom. The monoisotopic (exact) mass is 292 g/mol. The summed E-state index contributed by atoms with van der Waals surface area (Å²) < 4.78 is 11.2. The van der Waals surface area contributed by atoms with E-state index in [0.29, 0.717) is 18.2 Å². The number of nitrogens with zero attached hydrogens (tertiary/aromatic N) is 2. The molecule has 0 radical (unpaired) electrons. The SMILES string of the molecule is COc1ccccc1-c1nccnc1OCc1ccccc1. The van der Waals surface area contributed by atoms with E-state index in [0.717, 1.165) is 16.9 Å². The average molecular weight is 292 g/mol. The Morgan fingerprint density at radius 1 is 0.864 bits per heavy atom. The first-order valence-electron chi connectivity index (χ1n) is 6.99. The third-order valence-corrected chi connectivity index (χ3v) is 3.25. The van der Waals surface area contributed by atoms with Crippen molar-refractivity contribution in [3.8, 4) is 22.9 Å². The zero-order valence-electron chi connectivity index (χ0n) is 12.3. The molecule has 0 saturated carbocycles. The first-order valence-corrected chi connectivity index (χ1v) is 6.99. The smallest absolute Gasteiger partial charge is 0.241 e. The van der Waals surface area contributed by atoms with E-state index in [4.69, 9.17) is 9.47 Å². The Bertz CT molecular complexity index is 745. The minimum atomic E-state index is 0.446. The number of ether oxygens (including phenoxy) is 2. The van der Waals surface area contributed by atoms with E-state index in [1.165, 1.54) is 0 Å². The van der Waals surface area contributed by atoms with E-state index >= 15 is 0 Å². The van der Waals surface area contributed by atoms with Crippen LogP contribution in [-0.2, 0) is 6.61 Å². The second-order valence-corrected chi connectivity index (χ2v) is 4.68. The molecule has 0 saturated heterocycles. The Hall–Kier alpha value is -2.88. The van der Waals surface area contributed by atoms with Crippen LogP contribution in [0.5, 0.6) is 11.6 Å². The van der Waals surface area contributed by atoms with E-state index < -0.39 is 0 Å². The van der Waals surface area contributed by atoms with Gasteiger partial charge < -0.3 is 9.47 Å². The molecule has 0 fully saturated rings. The predicted octanol–water partition coefficient (Wildman–Crippen LogP) is 3.73. The largest absolute Gasteiger partial charge is 0.496 e. The molecular weight excluding hydrogens is 276 g/mol. The summed E-state index contributed by atoms with van der Waals surface area (Å²) in [6.45, 7) is 0.446. The highest BCUT2D eigenvalue weighted by atomic mass is 16.5. The van der Waals surface area contributed by atoms with E-state index in [2.05, 4.69) is 9.97 Å². The predicted molar refractivity (Wildman–Crippen MR) is 84.8 cm³/mol. The lowest BCUT2D eigenvalue weighted by Crippen LogP contribution is -2.01. The summed E-state index contributed by atoms with van der Waals surface area (Å²) in [6.07, 6.45) is 3.27. The van der Waals surface area contributed by atoms with Crippen LogP contribution in [0.4, 0.5) is 0 Å². The maximum Gasteiger partial charge on any atom is 0.241 e. The van der Waals surface area contributed by atoms with E-state index in [1.807, 2.05) is 54.6 Å². The quantitative estimate of drug-likeness (QED) is 0.718. The molecular formula is C18H16N2O2. The van der Waals surface area contributed by atoms with Crippen molar-refractivity contribution in [2.45, 2.75) is 6.61 Å². The van der Waals surface area contributed by atoms with Gasteiger partial charge in [0.15, 0.2) is 0 Å². The molecule has 0 bridgehead atoms. The fourth-order valence-electron chi connectivity index (χ4n) is 2.18. The van der Waals surface area contributed by atoms with Gasteiger partial charge in [-0.1, -0.05) is 42.5 Å². The van der Waals surface area contributed by atoms with Crippen LogP contribution in [-0.4, -0.2) is 17.1 Å². The van der Waals surface area contributed by atoms with Crippen LogP contribution in [0.1, 0.15) is 5.56 Å². The van der Waals surface area contributed by atoms with E-state index in [-0.39, 0.29) is 0 Å². The summed E-state index contributed by atoms with van der Waals surface area (Å²) in [5, 5.41) is 0. The molecule has 0 spiro atoms. The van der Waals surface area contributed by atoms with Gasteiger partial charge in [-0.05, 0) is 17.7 Å². The number of hydrogen-bond donors (Lipinski definition) is 0.